The lowest BCUT2D eigenvalue weighted by atomic mass is 10.3. The van der Waals surface area contributed by atoms with Crippen LogP contribution in [-0.4, -0.2) is 11.3 Å². The Morgan fingerprint density at radius 3 is 1.56 bits per heavy atom. The highest BCUT2D eigenvalue weighted by atomic mass is 19.4. The first-order chi connectivity index (χ1) is 3.85. The smallest absolute Gasteiger partial charge is 0.419 e. The van der Waals surface area contributed by atoms with Gasteiger partial charge >= 0.3 is 6.18 Å². The van der Waals surface area contributed by atoms with Gasteiger partial charge in [-0.2, -0.15) is 13.2 Å². The van der Waals surface area contributed by atoms with Gasteiger partial charge in [0.25, 0.3) is 0 Å². The van der Waals surface area contributed by atoms with Crippen LogP contribution in [0, 0.1) is 0 Å². The minimum Gasteiger partial charge on any atom is -0.508 e. The van der Waals surface area contributed by atoms with Gasteiger partial charge in [-0.15, -0.1) is 0 Å². The van der Waals surface area contributed by atoms with Gasteiger partial charge in [-0.25, -0.2) is 0 Å². The van der Waals surface area contributed by atoms with Crippen molar-refractivity contribution in [1.82, 2.24) is 0 Å². The van der Waals surface area contributed by atoms with Crippen LogP contribution in [0.5, 0.6) is 0 Å². The van der Waals surface area contributed by atoms with Gasteiger partial charge in [0, 0.05) is 0 Å². The molecular weight excluding hydrogens is 133 g/mol. The van der Waals surface area contributed by atoms with Crippen molar-refractivity contribution in [2.24, 2.45) is 0 Å². The summed E-state index contributed by atoms with van der Waals surface area (Å²) in [6.07, 6.45) is -4.56. The third-order valence-electron chi connectivity index (χ3n) is 0.691. The molecule has 0 spiro atoms. The lowest BCUT2D eigenvalue weighted by Crippen LogP contribution is -2.11. The number of allylic oxidation sites excluding steroid dienone is 1. The number of hydrogen-bond acceptors (Lipinski definition) is 1. The Bertz CT molecular complexity index is 145. The fourth-order valence-corrected chi connectivity index (χ4v) is 0.164. The molecule has 52 valence electrons. The standard InChI is InChI=1S/C5H5F3O/c1-3(4(2)9)5(6,7)8/h9H,1-2H2. The van der Waals surface area contributed by atoms with Gasteiger partial charge < -0.3 is 5.11 Å². The fraction of sp³-hybridized carbons (Fsp3) is 0.200. The summed E-state index contributed by atoms with van der Waals surface area (Å²) in [7, 11) is 0. The van der Waals surface area contributed by atoms with Gasteiger partial charge in [-0.1, -0.05) is 13.2 Å². The average molecular weight is 138 g/mol. The maximum Gasteiger partial charge on any atom is 0.419 e. The fourth-order valence-electron chi connectivity index (χ4n) is 0.164. The van der Waals surface area contributed by atoms with E-state index in [1.54, 1.807) is 0 Å². The molecule has 1 nitrogen and oxygen atoms in total. The summed E-state index contributed by atoms with van der Waals surface area (Å²) in [5, 5.41) is 8.14. The van der Waals surface area contributed by atoms with E-state index in [4.69, 9.17) is 5.11 Å². The lowest BCUT2D eigenvalue weighted by molar-refractivity contribution is -0.0919. The summed E-state index contributed by atoms with van der Waals surface area (Å²) in [4.78, 5) is 0. The van der Waals surface area contributed by atoms with E-state index >= 15 is 0 Å². The summed E-state index contributed by atoms with van der Waals surface area (Å²) in [6.45, 7) is 5.21. The molecule has 1 N–H and O–H groups in total. The molecule has 9 heavy (non-hydrogen) atoms. The van der Waals surface area contributed by atoms with Crippen molar-refractivity contribution in [2.75, 3.05) is 0 Å². The van der Waals surface area contributed by atoms with E-state index in [1.807, 2.05) is 0 Å². The van der Waals surface area contributed by atoms with Crippen LogP contribution in [0.2, 0.25) is 0 Å². The second-order valence-electron chi connectivity index (χ2n) is 1.42. The molecule has 0 atom stereocenters. The van der Waals surface area contributed by atoms with E-state index in [0.29, 0.717) is 0 Å². The zero-order valence-corrected chi connectivity index (χ0v) is 4.50. The summed E-state index contributed by atoms with van der Waals surface area (Å²) in [5.74, 6) is -1.04. The molecule has 0 fully saturated rings. The zero-order chi connectivity index (χ0) is 7.65. The molecule has 0 saturated carbocycles. The Balaban J connectivity index is 4.23. The molecule has 0 amide bonds. The number of aliphatic hydroxyl groups excluding tert-OH is 1. The molecule has 0 unspecified atom stereocenters. The normalized spacial score (nSPS) is 11.0. The molecular formula is C5H5F3O. The van der Waals surface area contributed by atoms with Crippen molar-refractivity contribution in [2.45, 2.75) is 6.18 Å². The first-order valence-corrected chi connectivity index (χ1v) is 2.00. The van der Waals surface area contributed by atoms with Crippen molar-refractivity contribution >= 4 is 0 Å². The topological polar surface area (TPSA) is 20.2 Å². The van der Waals surface area contributed by atoms with Crippen LogP contribution in [0.15, 0.2) is 24.5 Å². The highest BCUT2D eigenvalue weighted by Gasteiger charge is 2.33. The summed E-state index contributed by atoms with van der Waals surface area (Å²) >= 11 is 0. The first-order valence-electron chi connectivity index (χ1n) is 2.00. The molecule has 0 saturated heterocycles. The Morgan fingerprint density at radius 1 is 1.22 bits per heavy atom. The molecule has 0 radical (unpaired) electrons. The second kappa shape index (κ2) is 2.13. The van der Waals surface area contributed by atoms with Gasteiger partial charge in [0.15, 0.2) is 0 Å². The number of aliphatic hydroxyl groups is 1. The van der Waals surface area contributed by atoms with Crippen molar-refractivity contribution in [3.05, 3.63) is 24.5 Å². The molecule has 0 rings (SSSR count). The average Bonchev–Trinajstić information content (AvgIpc) is 1.62. The van der Waals surface area contributed by atoms with Crippen LogP contribution >= 0.6 is 0 Å². The van der Waals surface area contributed by atoms with Gasteiger partial charge in [0.2, 0.25) is 0 Å². The minimum absolute atomic E-state index is 1.04. The van der Waals surface area contributed by atoms with Crippen molar-refractivity contribution in [1.29, 1.82) is 0 Å². The summed E-state index contributed by atoms with van der Waals surface area (Å²) in [5.41, 5.74) is -1.30. The number of alkyl halides is 3. The number of halogens is 3. The third-order valence-corrected chi connectivity index (χ3v) is 0.691. The van der Waals surface area contributed by atoms with Gasteiger partial charge in [-0.3, -0.25) is 0 Å². The van der Waals surface area contributed by atoms with Crippen molar-refractivity contribution < 1.29 is 18.3 Å². The van der Waals surface area contributed by atoms with E-state index < -0.39 is 17.5 Å². The second-order valence-corrected chi connectivity index (χ2v) is 1.42. The SMILES string of the molecule is C=C(O)C(=C)C(F)(F)F. The Labute approximate surface area is 50.1 Å². The van der Waals surface area contributed by atoms with Gasteiger partial charge in [0.05, 0.1) is 5.57 Å². The Hall–Kier alpha value is -0.930. The van der Waals surface area contributed by atoms with E-state index in [0.717, 1.165) is 0 Å². The number of rotatable bonds is 1. The molecule has 0 aliphatic rings. The van der Waals surface area contributed by atoms with E-state index in [1.165, 1.54) is 0 Å². The molecule has 0 bridgehead atoms. The highest BCUT2D eigenvalue weighted by Crippen LogP contribution is 2.27. The van der Waals surface area contributed by atoms with Crippen molar-refractivity contribution in [3.8, 4) is 0 Å². The maximum atomic E-state index is 11.4. The zero-order valence-electron chi connectivity index (χ0n) is 4.50. The third kappa shape index (κ3) is 2.21. The first kappa shape index (κ1) is 8.07. The van der Waals surface area contributed by atoms with Crippen molar-refractivity contribution in [3.63, 3.8) is 0 Å². The van der Waals surface area contributed by atoms with Gasteiger partial charge in [-0.05, 0) is 0 Å². The summed E-state index contributed by atoms with van der Waals surface area (Å²) in [6, 6.07) is 0. The van der Waals surface area contributed by atoms with Crippen LogP contribution in [0.4, 0.5) is 13.2 Å². The molecule has 0 aliphatic carbocycles. The Kier molecular flexibility index (Phi) is 1.91. The Morgan fingerprint density at radius 2 is 1.56 bits per heavy atom. The monoisotopic (exact) mass is 138 g/mol. The van der Waals surface area contributed by atoms with Crippen LogP contribution < -0.4 is 0 Å². The quantitative estimate of drug-likeness (QED) is 0.435. The molecule has 0 aromatic rings. The van der Waals surface area contributed by atoms with E-state index in [-0.39, 0.29) is 0 Å². The molecule has 0 aliphatic heterocycles. The molecule has 0 aromatic heterocycles. The van der Waals surface area contributed by atoms with E-state index in [9.17, 15) is 13.2 Å². The predicted molar refractivity (Wildman–Crippen MR) is 27.0 cm³/mol. The largest absolute Gasteiger partial charge is 0.508 e. The molecule has 4 heteroatoms. The predicted octanol–water partition coefficient (Wildman–Crippen LogP) is 2.18. The number of hydrogen-bond donors (Lipinski definition) is 1. The van der Waals surface area contributed by atoms with Crippen LogP contribution in [0.3, 0.4) is 0 Å². The van der Waals surface area contributed by atoms with E-state index in [2.05, 4.69) is 13.2 Å². The molecule has 0 heterocycles. The molecule has 0 aromatic carbocycles. The van der Waals surface area contributed by atoms with Crippen LogP contribution in [0.1, 0.15) is 0 Å². The maximum absolute atomic E-state index is 11.4. The van der Waals surface area contributed by atoms with Crippen LogP contribution in [-0.2, 0) is 0 Å². The summed E-state index contributed by atoms with van der Waals surface area (Å²) < 4.78 is 34.1. The highest BCUT2D eigenvalue weighted by molar-refractivity contribution is 5.22. The lowest BCUT2D eigenvalue weighted by Gasteiger charge is -2.06. The minimum atomic E-state index is -4.56. The van der Waals surface area contributed by atoms with Gasteiger partial charge in [0.1, 0.15) is 5.76 Å². The van der Waals surface area contributed by atoms with Crippen LogP contribution in [0.25, 0.3) is 0 Å².